The first-order valence-corrected chi connectivity index (χ1v) is 8.29. The molecule has 3 nitrogen and oxygen atoms in total. The monoisotopic (exact) mass is 282 g/mol. The fourth-order valence-electron chi connectivity index (χ4n) is 2.82. The van der Waals surface area contributed by atoms with Crippen LogP contribution in [0.4, 0.5) is 0 Å². The van der Waals surface area contributed by atoms with Gasteiger partial charge in [0.2, 0.25) is 0 Å². The minimum absolute atomic E-state index is 0.323. The molecule has 1 N–H and O–H groups in total. The Morgan fingerprint density at radius 1 is 1.53 bits per heavy atom. The lowest BCUT2D eigenvalue weighted by Crippen LogP contribution is -2.28. The van der Waals surface area contributed by atoms with Crippen molar-refractivity contribution in [2.45, 2.75) is 58.5 Å². The van der Waals surface area contributed by atoms with Crippen LogP contribution >= 0.6 is 11.3 Å². The van der Waals surface area contributed by atoms with Gasteiger partial charge in [0.05, 0.1) is 5.01 Å². The van der Waals surface area contributed by atoms with Crippen molar-refractivity contribution < 1.29 is 5.11 Å². The van der Waals surface area contributed by atoms with Crippen LogP contribution in [0.15, 0.2) is 6.20 Å². The number of likely N-dealkylation sites (tertiary alicyclic amines) is 1. The smallest absolute Gasteiger partial charge is 0.0930 e. The Bertz CT molecular complexity index is 378. The molecule has 0 aliphatic carbocycles. The molecule has 2 heterocycles. The molecule has 4 heteroatoms. The minimum atomic E-state index is 0.323. The molecule has 1 aliphatic rings. The van der Waals surface area contributed by atoms with Crippen molar-refractivity contribution in [3.05, 3.63) is 16.1 Å². The van der Waals surface area contributed by atoms with Crippen molar-refractivity contribution in [2.24, 2.45) is 5.92 Å². The number of aliphatic hydroxyl groups is 1. The van der Waals surface area contributed by atoms with Gasteiger partial charge in [-0.05, 0) is 38.1 Å². The highest BCUT2D eigenvalue weighted by Crippen LogP contribution is 2.26. The van der Waals surface area contributed by atoms with Gasteiger partial charge in [0, 0.05) is 36.7 Å². The summed E-state index contributed by atoms with van der Waals surface area (Å²) >= 11 is 1.87. The second kappa shape index (κ2) is 7.36. The standard InChI is InChI=1S/C15H26N2OS/c1-12(2)9-15-16-10-14(19-15)11-17-7-3-5-13(17)6-4-8-18/h10,12-13,18H,3-9,11H2,1-2H3. The number of hydrogen-bond acceptors (Lipinski definition) is 4. The highest BCUT2D eigenvalue weighted by atomic mass is 32.1. The number of hydrogen-bond donors (Lipinski definition) is 1. The third-order valence-electron chi connectivity index (χ3n) is 3.74. The Labute approximate surface area is 120 Å². The van der Waals surface area contributed by atoms with E-state index in [1.165, 1.54) is 29.3 Å². The van der Waals surface area contributed by atoms with Gasteiger partial charge >= 0.3 is 0 Å². The number of nitrogens with zero attached hydrogens (tertiary/aromatic N) is 2. The van der Waals surface area contributed by atoms with Crippen LogP contribution in [0, 0.1) is 5.92 Å². The zero-order valence-corrected chi connectivity index (χ0v) is 13.0. The van der Waals surface area contributed by atoms with Crippen LogP contribution in [0.3, 0.4) is 0 Å². The third-order valence-corrected chi connectivity index (χ3v) is 4.74. The second-order valence-corrected chi connectivity index (χ2v) is 7.15. The summed E-state index contributed by atoms with van der Waals surface area (Å²) in [5.74, 6) is 0.683. The Balaban J connectivity index is 1.87. The Morgan fingerprint density at radius 2 is 2.37 bits per heavy atom. The topological polar surface area (TPSA) is 36.4 Å². The van der Waals surface area contributed by atoms with Crippen LogP contribution in [-0.2, 0) is 13.0 Å². The SMILES string of the molecule is CC(C)Cc1ncc(CN2CCCC2CCCO)s1. The summed E-state index contributed by atoms with van der Waals surface area (Å²) < 4.78 is 0. The second-order valence-electron chi connectivity index (χ2n) is 5.95. The van der Waals surface area contributed by atoms with Gasteiger partial charge in [0.15, 0.2) is 0 Å². The summed E-state index contributed by atoms with van der Waals surface area (Å²) in [4.78, 5) is 8.50. The van der Waals surface area contributed by atoms with Gasteiger partial charge in [0.25, 0.3) is 0 Å². The lowest BCUT2D eigenvalue weighted by molar-refractivity contribution is 0.211. The van der Waals surface area contributed by atoms with E-state index in [-0.39, 0.29) is 0 Å². The van der Waals surface area contributed by atoms with E-state index in [4.69, 9.17) is 5.11 Å². The van der Waals surface area contributed by atoms with Gasteiger partial charge in [-0.25, -0.2) is 4.98 Å². The molecule has 108 valence electrons. The highest BCUT2D eigenvalue weighted by molar-refractivity contribution is 7.11. The lowest BCUT2D eigenvalue weighted by atomic mass is 10.1. The summed E-state index contributed by atoms with van der Waals surface area (Å²) in [6, 6.07) is 0.669. The van der Waals surface area contributed by atoms with Crippen LogP contribution < -0.4 is 0 Å². The number of aromatic nitrogens is 1. The van der Waals surface area contributed by atoms with Crippen molar-refractivity contribution in [1.29, 1.82) is 0 Å². The van der Waals surface area contributed by atoms with Crippen molar-refractivity contribution >= 4 is 11.3 Å². The molecule has 19 heavy (non-hydrogen) atoms. The molecule has 0 saturated carbocycles. The van der Waals surface area contributed by atoms with E-state index < -0.39 is 0 Å². The molecule has 0 amide bonds. The Kier molecular flexibility index (Phi) is 5.79. The molecule has 0 radical (unpaired) electrons. The van der Waals surface area contributed by atoms with E-state index in [1.807, 2.05) is 11.3 Å². The number of rotatable bonds is 7. The lowest BCUT2D eigenvalue weighted by Gasteiger charge is -2.23. The van der Waals surface area contributed by atoms with Gasteiger partial charge in [-0.1, -0.05) is 13.8 Å². The summed E-state index contributed by atoms with van der Waals surface area (Å²) in [5, 5.41) is 10.2. The van der Waals surface area contributed by atoms with Crippen molar-refractivity contribution in [3.63, 3.8) is 0 Å². The normalized spacial score (nSPS) is 20.5. The van der Waals surface area contributed by atoms with Crippen LogP contribution in [0.5, 0.6) is 0 Å². The maximum absolute atomic E-state index is 8.96. The van der Waals surface area contributed by atoms with Crippen LogP contribution in [-0.4, -0.2) is 34.2 Å². The van der Waals surface area contributed by atoms with Gasteiger partial charge < -0.3 is 5.11 Å². The minimum Gasteiger partial charge on any atom is -0.396 e. The Hall–Kier alpha value is -0.450. The first-order valence-electron chi connectivity index (χ1n) is 7.47. The maximum atomic E-state index is 8.96. The zero-order chi connectivity index (χ0) is 13.7. The maximum Gasteiger partial charge on any atom is 0.0930 e. The molecule has 1 unspecified atom stereocenters. The predicted molar refractivity (Wildman–Crippen MR) is 80.4 cm³/mol. The van der Waals surface area contributed by atoms with Crippen LogP contribution in [0.1, 0.15) is 49.4 Å². The average molecular weight is 282 g/mol. The average Bonchev–Trinajstić information content (AvgIpc) is 2.96. The van der Waals surface area contributed by atoms with E-state index in [0.717, 1.165) is 25.8 Å². The summed E-state index contributed by atoms with van der Waals surface area (Å²) in [6.07, 6.45) is 7.81. The molecule has 0 aromatic carbocycles. The van der Waals surface area contributed by atoms with Gasteiger partial charge in [-0.3, -0.25) is 4.90 Å². The highest BCUT2D eigenvalue weighted by Gasteiger charge is 2.24. The van der Waals surface area contributed by atoms with E-state index in [2.05, 4.69) is 29.9 Å². The molecule has 2 rings (SSSR count). The summed E-state index contributed by atoms with van der Waals surface area (Å²) in [6.45, 7) is 7.06. The molecule has 1 aromatic rings. The van der Waals surface area contributed by atoms with Gasteiger partial charge in [-0.15, -0.1) is 11.3 Å². The molecule has 1 saturated heterocycles. The quantitative estimate of drug-likeness (QED) is 0.835. The van der Waals surface area contributed by atoms with Crippen molar-refractivity contribution in [2.75, 3.05) is 13.2 Å². The Morgan fingerprint density at radius 3 is 3.11 bits per heavy atom. The van der Waals surface area contributed by atoms with E-state index >= 15 is 0 Å². The molecular formula is C15H26N2OS. The van der Waals surface area contributed by atoms with Crippen LogP contribution in [0.25, 0.3) is 0 Å². The van der Waals surface area contributed by atoms with E-state index in [1.54, 1.807) is 0 Å². The molecule has 1 fully saturated rings. The van der Waals surface area contributed by atoms with Gasteiger partial charge in [-0.2, -0.15) is 0 Å². The van der Waals surface area contributed by atoms with Crippen molar-refractivity contribution in [1.82, 2.24) is 9.88 Å². The molecule has 1 atom stereocenters. The molecule has 0 bridgehead atoms. The number of aliphatic hydroxyl groups excluding tert-OH is 1. The predicted octanol–water partition coefficient (Wildman–Crippen LogP) is 3.08. The van der Waals surface area contributed by atoms with E-state index in [9.17, 15) is 0 Å². The molecule has 1 aliphatic heterocycles. The first kappa shape index (κ1) is 14.9. The fourth-order valence-corrected chi connectivity index (χ4v) is 3.98. The largest absolute Gasteiger partial charge is 0.396 e. The fraction of sp³-hybridized carbons (Fsp3) is 0.800. The van der Waals surface area contributed by atoms with Crippen molar-refractivity contribution in [3.8, 4) is 0 Å². The molecular weight excluding hydrogens is 256 g/mol. The first-order chi connectivity index (χ1) is 9.19. The van der Waals surface area contributed by atoms with Gasteiger partial charge in [0.1, 0.15) is 0 Å². The van der Waals surface area contributed by atoms with E-state index in [0.29, 0.717) is 18.6 Å². The zero-order valence-electron chi connectivity index (χ0n) is 12.1. The third kappa shape index (κ3) is 4.55. The van der Waals surface area contributed by atoms with Crippen LogP contribution in [0.2, 0.25) is 0 Å². The molecule has 0 spiro atoms. The summed E-state index contributed by atoms with van der Waals surface area (Å²) in [7, 11) is 0. The summed E-state index contributed by atoms with van der Waals surface area (Å²) in [5.41, 5.74) is 0. The number of thiazole rings is 1. The molecule has 1 aromatic heterocycles.